The second-order valence-corrected chi connectivity index (χ2v) is 30.7. The van der Waals surface area contributed by atoms with Gasteiger partial charge in [-0.25, -0.2) is 29.9 Å². The fourth-order valence-electron chi connectivity index (χ4n) is 16.6. The van der Waals surface area contributed by atoms with Crippen LogP contribution in [0.2, 0.25) is 5.02 Å². The monoisotopic (exact) mass is 1370 g/mol. The van der Waals surface area contributed by atoms with E-state index in [0.717, 1.165) is 44.2 Å². The molecule has 4 aliphatic carbocycles. The van der Waals surface area contributed by atoms with Gasteiger partial charge in [0.1, 0.15) is 0 Å². The molecule has 0 bridgehead atoms. The number of halogens is 1. The molecule has 7 heteroatoms. The van der Waals surface area contributed by atoms with E-state index in [1.807, 2.05) is 78.9 Å². The molecular weight excluding hydrogens is 1270 g/mol. The van der Waals surface area contributed by atoms with Crippen molar-refractivity contribution in [3.63, 3.8) is 0 Å². The molecule has 0 atom stereocenters. The molecule has 2 fully saturated rings. The molecule has 0 spiro atoms. The molecule has 2 heterocycles. The first-order chi connectivity index (χ1) is 50.5. The molecule has 6 nitrogen and oxygen atoms in total. The summed E-state index contributed by atoms with van der Waals surface area (Å²) in [5, 5.41) is 0.751. The summed E-state index contributed by atoms with van der Waals surface area (Å²) in [6.07, 6.45) is 29.2. The van der Waals surface area contributed by atoms with Crippen LogP contribution in [0.1, 0.15) is 214 Å². The van der Waals surface area contributed by atoms with Gasteiger partial charge >= 0.3 is 0 Å². The number of nitrogens with zero attached hydrogens (tertiary/aromatic N) is 6. The highest BCUT2D eigenvalue weighted by Crippen LogP contribution is 2.51. The van der Waals surface area contributed by atoms with Crippen molar-refractivity contribution < 1.29 is 0 Å². The van der Waals surface area contributed by atoms with Crippen LogP contribution in [0.4, 0.5) is 0 Å². The van der Waals surface area contributed by atoms with Crippen LogP contribution in [0.15, 0.2) is 249 Å². The van der Waals surface area contributed by atoms with E-state index >= 15 is 0 Å². The molecule has 2 saturated carbocycles. The van der Waals surface area contributed by atoms with Crippen molar-refractivity contribution in [2.24, 2.45) is 0 Å². The Hall–Kier alpha value is -9.49. The van der Waals surface area contributed by atoms with Crippen molar-refractivity contribution in [1.29, 1.82) is 0 Å². The van der Waals surface area contributed by atoms with E-state index in [1.54, 1.807) is 0 Å². The van der Waals surface area contributed by atoms with Crippen molar-refractivity contribution in [3.05, 3.63) is 287 Å². The van der Waals surface area contributed by atoms with Crippen molar-refractivity contribution >= 4 is 11.6 Å². The smallest absolute Gasteiger partial charge is 0.164 e. The van der Waals surface area contributed by atoms with E-state index in [0.29, 0.717) is 41.0 Å². The Morgan fingerprint density at radius 2 is 0.505 bits per heavy atom. The quantitative estimate of drug-likeness (QED) is 0.143. The fourth-order valence-corrected chi connectivity index (χ4v) is 16.8. The summed E-state index contributed by atoms with van der Waals surface area (Å²) in [4.78, 5) is 30.1. The summed E-state index contributed by atoms with van der Waals surface area (Å²) in [5.41, 5.74) is 22.5. The number of fused-ring (bicyclic) bond motifs is 6. The highest BCUT2D eigenvalue weighted by molar-refractivity contribution is 6.31. The van der Waals surface area contributed by atoms with Gasteiger partial charge in [-0.3, -0.25) is 0 Å². The summed E-state index contributed by atoms with van der Waals surface area (Å²) >= 11 is 6.74. The third kappa shape index (κ3) is 16.8. The first-order valence-corrected chi connectivity index (χ1v) is 39.0. The van der Waals surface area contributed by atoms with E-state index in [-0.39, 0.29) is 10.8 Å². The molecule has 520 valence electrons. The Morgan fingerprint density at radius 3 is 0.864 bits per heavy atom. The van der Waals surface area contributed by atoms with Gasteiger partial charge in [-0.1, -0.05) is 367 Å². The molecule has 2 aromatic heterocycles. The van der Waals surface area contributed by atoms with Gasteiger partial charge in [0, 0.05) is 49.2 Å². The van der Waals surface area contributed by atoms with Crippen LogP contribution < -0.4 is 0 Å². The average molecular weight is 1370 g/mol. The summed E-state index contributed by atoms with van der Waals surface area (Å²) in [7, 11) is 0. The zero-order valence-corrected chi connectivity index (χ0v) is 61.7. The van der Waals surface area contributed by atoms with Crippen molar-refractivity contribution in [3.8, 4) is 102 Å². The molecule has 16 rings (SSSR count). The van der Waals surface area contributed by atoms with Crippen LogP contribution in [-0.4, -0.2) is 29.9 Å². The van der Waals surface area contributed by atoms with E-state index < -0.39 is 0 Å². The van der Waals surface area contributed by atoms with Crippen LogP contribution in [0.3, 0.4) is 0 Å². The predicted molar refractivity (Wildman–Crippen MR) is 431 cm³/mol. The Balaban J connectivity index is 0.000000149. The summed E-state index contributed by atoms with van der Waals surface area (Å²) < 4.78 is 0. The highest BCUT2D eigenvalue weighted by Gasteiger charge is 2.36. The Kier molecular flexibility index (Phi) is 22.8. The molecular formula is C96H99ClN6. The zero-order valence-electron chi connectivity index (χ0n) is 60.9. The molecule has 0 amide bonds. The maximum absolute atomic E-state index is 6.74. The fraction of sp³-hybridized carbons (Fsp3) is 0.312. The third-order valence-electron chi connectivity index (χ3n) is 22.4. The zero-order chi connectivity index (χ0) is 70.4. The van der Waals surface area contributed by atoms with Gasteiger partial charge in [-0.2, -0.15) is 0 Å². The third-order valence-corrected chi connectivity index (χ3v) is 22.6. The Morgan fingerprint density at radius 1 is 0.233 bits per heavy atom. The molecule has 0 aliphatic heterocycles. The molecule has 103 heavy (non-hydrogen) atoms. The highest BCUT2D eigenvalue weighted by atomic mass is 35.5. The lowest BCUT2D eigenvalue weighted by Gasteiger charge is -2.23. The molecule has 0 radical (unpaired) electrons. The predicted octanol–water partition coefficient (Wildman–Crippen LogP) is 27.1. The minimum Gasteiger partial charge on any atom is -0.208 e. The first-order valence-electron chi connectivity index (χ1n) is 38.7. The van der Waals surface area contributed by atoms with Gasteiger partial charge < -0.3 is 0 Å². The number of rotatable bonds is 9. The van der Waals surface area contributed by atoms with Crippen molar-refractivity contribution in [1.82, 2.24) is 29.9 Å². The Labute approximate surface area is 618 Å². The number of hydrogen-bond donors (Lipinski definition) is 0. The van der Waals surface area contributed by atoms with E-state index in [4.69, 9.17) is 41.5 Å². The van der Waals surface area contributed by atoms with Gasteiger partial charge in [0.05, 0.1) is 0 Å². The summed E-state index contributed by atoms with van der Waals surface area (Å²) in [5.74, 6) is 5.21. The molecule has 10 aromatic carbocycles. The number of benzene rings is 10. The Bertz CT molecular complexity index is 4610. The molecule has 4 aliphatic rings. The minimum absolute atomic E-state index is 0.0563. The SMILES string of the molecule is CC1(C)c2ccccc2-c2ccc(-c3cc(-c4nc(-c5ccccc5)nc(-c5ccccc5)n4)cc(C4CCCCCCCCCCC4)c3)cc21.CC1(C)c2ccccc2-c2ccccc21.Clc1cc(-c2nc(-c3ccccc3)nc(-c3ccccc3)n2)cc(C2CCCCCCCCCCC2)c1. The second kappa shape index (κ2) is 33.3. The molecule has 0 N–H and O–H groups in total. The average Bonchev–Trinajstić information content (AvgIpc) is 1.59. The maximum atomic E-state index is 6.74. The van der Waals surface area contributed by atoms with E-state index in [1.165, 1.54) is 208 Å². The van der Waals surface area contributed by atoms with Crippen LogP contribution in [0.25, 0.3) is 102 Å². The number of aromatic nitrogens is 6. The lowest BCUT2D eigenvalue weighted by atomic mass is 9.81. The normalized spacial score (nSPS) is 16.2. The van der Waals surface area contributed by atoms with Crippen molar-refractivity contribution in [2.45, 2.75) is 192 Å². The van der Waals surface area contributed by atoms with Crippen LogP contribution in [0, 0.1) is 0 Å². The molecule has 0 saturated heterocycles. The minimum atomic E-state index is -0.0563. The van der Waals surface area contributed by atoms with Gasteiger partial charge in [0.25, 0.3) is 0 Å². The van der Waals surface area contributed by atoms with Gasteiger partial charge in [0.2, 0.25) is 0 Å². The standard InChI is InChI=1S/C48H49N3.C33H36ClN3.C15H14/c1-48(2)43-27-19-18-26-41(43)42-29-28-37(33-44(42)48)39-30-38(34-20-12-8-6-4-3-5-7-9-13-21-34)31-40(32-39)47-50-45(35-22-14-10-15-23-35)49-46(51-47)36-24-16-11-17-25-36;34-30-23-28(25-16-10-6-4-2-1-3-5-7-11-17-25)22-29(24-30)33-36-31(26-18-12-8-13-19-26)35-32(37-33)27-20-14-9-15-21-27;1-15(2)13-9-5-3-7-11(13)12-8-4-6-10-14(12)15/h10-11,14-19,22-34H,3-9,12-13,20-21H2,1-2H3;8-9,12-15,18-25H,1-7,10-11,16-17H2;3-10H,1-2H3. The first kappa shape index (κ1) is 70.5. The topological polar surface area (TPSA) is 77.3 Å². The lowest BCUT2D eigenvalue weighted by Crippen LogP contribution is -2.14. The summed E-state index contributed by atoms with van der Waals surface area (Å²) in [6, 6.07) is 88.1. The van der Waals surface area contributed by atoms with Crippen molar-refractivity contribution in [2.75, 3.05) is 0 Å². The van der Waals surface area contributed by atoms with Crippen LogP contribution >= 0.6 is 11.6 Å². The molecule has 0 unspecified atom stereocenters. The van der Waals surface area contributed by atoms with E-state index in [9.17, 15) is 0 Å². The van der Waals surface area contributed by atoms with Crippen LogP contribution in [-0.2, 0) is 10.8 Å². The largest absolute Gasteiger partial charge is 0.208 e. The maximum Gasteiger partial charge on any atom is 0.164 e. The molecule has 12 aromatic rings. The second-order valence-electron chi connectivity index (χ2n) is 30.3. The van der Waals surface area contributed by atoms with E-state index in [2.05, 4.69) is 198 Å². The lowest BCUT2D eigenvalue weighted by molar-refractivity contribution is 0.467. The van der Waals surface area contributed by atoms with Gasteiger partial charge in [0.15, 0.2) is 34.9 Å². The summed E-state index contributed by atoms with van der Waals surface area (Å²) in [6.45, 7) is 9.35. The van der Waals surface area contributed by atoms with Gasteiger partial charge in [-0.05, 0) is 141 Å². The van der Waals surface area contributed by atoms with Crippen LogP contribution in [0.5, 0.6) is 0 Å². The number of hydrogen-bond acceptors (Lipinski definition) is 6. The van der Waals surface area contributed by atoms with Gasteiger partial charge in [-0.15, -0.1) is 0 Å².